The molecule has 0 atom stereocenters. The molecule has 0 saturated carbocycles. The van der Waals surface area contributed by atoms with Crippen molar-refractivity contribution in [1.82, 2.24) is 0 Å². The second-order valence-corrected chi connectivity index (χ2v) is 4.37. The normalized spacial score (nSPS) is 10.6. The van der Waals surface area contributed by atoms with Gasteiger partial charge in [-0.25, -0.2) is 0 Å². The Labute approximate surface area is 76.1 Å². The van der Waals surface area contributed by atoms with Crippen LogP contribution in [0.2, 0.25) is 0 Å². The van der Waals surface area contributed by atoms with Crippen LogP contribution in [-0.4, -0.2) is 32.5 Å². The van der Waals surface area contributed by atoms with Crippen LogP contribution in [-0.2, 0) is 9.36 Å². The topological polar surface area (TPSA) is 126 Å². The van der Waals surface area contributed by atoms with Gasteiger partial charge in [-0.1, -0.05) is 6.42 Å². The Bertz CT molecular complexity index is 186. The van der Waals surface area contributed by atoms with Gasteiger partial charge in [-0.05, 0) is 12.8 Å². The molecule has 0 aliphatic rings. The van der Waals surface area contributed by atoms with Crippen LogP contribution in [0, 0.1) is 0 Å². The second kappa shape index (κ2) is 7.03. The first-order valence-electron chi connectivity index (χ1n) is 3.68. The molecule has 0 aromatic heterocycles. The number of carbonyl (C=O) groups is 1. The Morgan fingerprint density at radius 3 is 2.08 bits per heavy atom. The predicted molar refractivity (Wildman–Crippen MR) is 46.6 cm³/mol. The summed E-state index contributed by atoms with van der Waals surface area (Å²) >= 11 is 0. The van der Waals surface area contributed by atoms with Crippen LogP contribution >= 0.6 is 7.60 Å². The summed E-state index contributed by atoms with van der Waals surface area (Å²) in [4.78, 5) is 26.8. The van der Waals surface area contributed by atoms with E-state index in [1.54, 1.807) is 0 Å². The third-order valence-corrected chi connectivity index (χ3v) is 2.24. The molecule has 5 N–H and O–H groups in total. The Morgan fingerprint density at radius 2 is 1.69 bits per heavy atom. The Kier molecular flexibility index (Phi) is 8.15. The molecule has 0 radical (unpaired) electrons. The van der Waals surface area contributed by atoms with Gasteiger partial charge in [0.2, 0.25) is 0 Å². The molecule has 0 heterocycles. The summed E-state index contributed by atoms with van der Waals surface area (Å²) < 4.78 is 10.3. The van der Waals surface area contributed by atoms with E-state index in [4.69, 9.17) is 14.9 Å². The fourth-order valence-corrected chi connectivity index (χ4v) is 1.41. The van der Waals surface area contributed by atoms with Crippen LogP contribution < -0.4 is 0 Å². The molecule has 13 heavy (non-hydrogen) atoms. The van der Waals surface area contributed by atoms with Gasteiger partial charge in [0.1, 0.15) is 0 Å². The zero-order chi connectivity index (χ0) is 9.61. The van der Waals surface area contributed by atoms with Gasteiger partial charge in [-0.3, -0.25) is 9.36 Å². The minimum atomic E-state index is -3.88. The molecule has 0 aromatic rings. The van der Waals surface area contributed by atoms with Crippen molar-refractivity contribution in [2.45, 2.75) is 25.7 Å². The second-order valence-electron chi connectivity index (χ2n) is 2.59. The highest BCUT2D eigenvalue weighted by Gasteiger charge is 2.11. The third-order valence-electron chi connectivity index (χ3n) is 1.34. The molecule has 80 valence electrons. The number of carboxylic acids is 1. The molecule has 0 aliphatic heterocycles. The van der Waals surface area contributed by atoms with Crippen molar-refractivity contribution in [1.29, 1.82) is 0 Å². The monoisotopic (exact) mass is 214 g/mol. The molecule has 0 unspecified atom stereocenters. The SMILES string of the molecule is O.O=C(O)CCCCCP(=O)(O)O. The van der Waals surface area contributed by atoms with Gasteiger partial charge < -0.3 is 20.4 Å². The van der Waals surface area contributed by atoms with E-state index in [2.05, 4.69) is 0 Å². The summed E-state index contributed by atoms with van der Waals surface area (Å²) in [6.45, 7) is 0. The van der Waals surface area contributed by atoms with Gasteiger partial charge in [-0.2, -0.15) is 0 Å². The maximum absolute atomic E-state index is 10.3. The van der Waals surface area contributed by atoms with E-state index >= 15 is 0 Å². The molecular weight excluding hydrogens is 199 g/mol. The number of unbranched alkanes of at least 4 members (excludes halogenated alkanes) is 2. The molecule has 6 nitrogen and oxygen atoms in total. The predicted octanol–water partition coefficient (Wildman–Crippen LogP) is -0.0156. The molecule has 0 aliphatic carbocycles. The average molecular weight is 214 g/mol. The molecule has 0 saturated heterocycles. The lowest BCUT2D eigenvalue weighted by Crippen LogP contribution is -1.94. The van der Waals surface area contributed by atoms with Crippen LogP contribution in [0.25, 0.3) is 0 Å². The van der Waals surface area contributed by atoms with Gasteiger partial charge >= 0.3 is 13.6 Å². The van der Waals surface area contributed by atoms with Crippen molar-refractivity contribution in [2.24, 2.45) is 0 Å². The van der Waals surface area contributed by atoms with Crippen molar-refractivity contribution < 1.29 is 29.7 Å². The van der Waals surface area contributed by atoms with Crippen molar-refractivity contribution in [2.75, 3.05) is 6.16 Å². The average Bonchev–Trinajstić information content (AvgIpc) is 1.83. The fourth-order valence-electron chi connectivity index (χ4n) is 0.771. The van der Waals surface area contributed by atoms with Gasteiger partial charge in [0.05, 0.1) is 0 Å². The molecule has 7 heteroatoms. The molecule has 0 spiro atoms. The first-order chi connectivity index (χ1) is 5.42. The Balaban J connectivity index is 0. The van der Waals surface area contributed by atoms with E-state index in [1.165, 1.54) is 0 Å². The lowest BCUT2D eigenvalue weighted by atomic mass is 10.2. The highest BCUT2D eigenvalue weighted by Crippen LogP contribution is 2.35. The zero-order valence-corrected chi connectivity index (χ0v) is 8.04. The molecule has 0 aromatic carbocycles. The summed E-state index contributed by atoms with van der Waals surface area (Å²) in [5.41, 5.74) is 0. The summed E-state index contributed by atoms with van der Waals surface area (Å²) in [5.74, 6) is -0.869. The van der Waals surface area contributed by atoms with E-state index in [0.29, 0.717) is 19.3 Å². The van der Waals surface area contributed by atoms with Gasteiger partial charge in [-0.15, -0.1) is 0 Å². The van der Waals surface area contributed by atoms with Crippen molar-refractivity contribution in [3.63, 3.8) is 0 Å². The summed E-state index contributed by atoms with van der Waals surface area (Å²) in [7, 11) is -3.88. The summed E-state index contributed by atoms with van der Waals surface area (Å²) in [5, 5.41) is 8.22. The zero-order valence-electron chi connectivity index (χ0n) is 7.14. The molecule has 0 rings (SSSR count). The first-order valence-corrected chi connectivity index (χ1v) is 5.48. The van der Waals surface area contributed by atoms with Gasteiger partial charge in [0.15, 0.2) is 0 Å². The third kappa shape index (κ3) is 14.4. The Hall–Kier alpha value is -0.420. The van der Waals surface area contributed by atoms with Crippen LogP contribution in [0.4, 0.5) is 0 Å². The standard InChI is InChI=1S/C6H13O5P.H2O/c7-6(8)4-2-1-3-5-12(9,10)11;/h1-5H2,(H,7,8)(H2,9,10,11);1H2. The van der Waals surface area contributed by atoms with E-state index in [-0.39, 0.29) is 18.1 Å². The van der Waals surface area contributed by atoms with Crippen molar-refractivity contribution >= 4 is 13.6 Å². The number of hydrogen-bond donors (Lipinski definition) is 3. The highest BCUT2D eigenvalue weighted by molar-refractivity contribution is 7.51. The van der Waals surface area contributed by atoms with E-state index in [9.17, 15) is 9.36 Å². The summed E-state index contributed by atoms with van der Waals surface area (Å²) in [6.07, 6.45) is 1.35. The van der Waals surface area contributed by atoms with Gasteiger partial charge in [0, 0.05) is 12.6 Å². The molecule has 0 bridgehead atoms. The summed E-state index contributed by atoms with van der Waals surface area (Å²) in [6, 6.07) is 0. The molecular formula is C6H15O6P. The number of carboxylic acid groups (broad SMARTS) is 1. The molecule has 0 fully saturated rings. The smallest absolute Gasteiger partial charge is 0.325 e. The number of aliphatic carboxylic acids is 1. The fraction of sp³-hybridized carbons (Fsp3) is 0.833. The lowest BCUT2D eigenvalue weighted by molar-refractivity contribution is -0.137. The first kappa shape index (κ1) is 15.1. The van der Waals surface area contributed by atoms with E-state index < -0.39 is 13.6 Å². The van der Waals surface area contributed by atoms with E-state index in [0.717, 1.165) is 0 Å². The minimum absolute atomic E-state index is 0. The quantitative estimate of drug-likeness (QED) is 0.423. The number of hydrogen-bond acceptors (Lipinski definition) is 2. The van der Waals surface area contributed by atoms with Crippen LogP contribution in [0.15, 0.2) is 0 Å². The highest BCUT2D eigenvalue weighted by atomic mass is 31.2. The van der Waals surface area contributed by atoms with Crippen LogP contribution in [0.1, 0.15) is 25.7 Å². The van der Waals surface area contributed by atoms with Crippen molar-refractivity contribution in [3.05, 3.63) is 0 Å². The Morgan fingerprint density at radius 1 is 1.15 bits per heavy atom. The maximum atomic E-state index is 10.3. The van der Waals surface area contributed by atoms with E-state index in [1.807, 2.05) is 0 Å². The van der Waals surface area contributed by atoms with Crippen molar-refractivity contribution in [3.8, 4) is 0 Å². The van der Waals surface area contributed by atoms with Crippen LogP contribution in [0.5, 0.6) is 0 Å². The maximum Gasteiger partial charge on any atom is 0.325 e. The molecule has 0 amide bonds. The largest absolute Gasteiger partial charge is 0.481 e. The van der Waals surface area contributed by atoms with Gasteiger partial charge in [0.25, 0.3) is 0 Å². The number of rotatable bonds is 6. The van der Waals surface area contributed by atoms with Crippen LogP contribution in [0.3, 0.4) is 0 Å². The lowest BCUT2D eigenvalue weighted by Gasteiger charge is -2.01. The minimum Gasteiger partial charge on any atom is -0.481 e.